The number of anilines is 1. The molecule has 0 atom stereocenters. The minimum Gasteiger partial charge on any atom is -0.497 e. The van der Waals surface area contributed by atoms with Crippen LogP contribution in [0.25, 0.3) is 0 Å². The number of hydrogen-bond donors (Lipinski definition) is 1. The van der Waals surface area contributed by atoms with Crippen molar-refractivity contribution >= 4 is 28.2 Å². The minimum atomic E-state index is -0.950. The highest BCUT2D eigenvalue weighted by Crippen LogP contribution is 2.38. The third-order valence-electron chi connectivity index (χ3n) is 4.02. The van der Waals surface area contributed by atoms with Crippen LogP contribution in [-0.4, -0.2) is 25.6 Å². The number of nitriles is 1. The van der Waals surface area contributed by atoms with E-state index in [0.29, 0.717) is 10.6 Å². The number of nitrogens with one attached hydrogen (secondary N) is 1. The van der Waals surface area contributed by atoms with E-state index in [1.165, 1.54) is 30.6 Å². The van der Waals surface area contributed by atoms with E-state index in [0.717, 1.165) is 35.8 Å². The van der Waals surface area contributed by atoms with Crippen molar-refractivity contribution in [3.8, 4) is 11.8 Å². The van der Waals surface area contributed by atoms with Crippen molar-refractivity contribution in [3.05, 3.63) is 45.6 Å². The number of esters is 1. The van der Waals surface area contributed by atoms with Crippen LogP contribution < -0.4 is 10.1 Å². The molecule has 3 rings (SSSR count). The first kappa shape index (κ1) is 17.9. The van der Waals surface area contributed by atoms with Gasteiger partial charge in [0.1, 0.15) is 22.6 Å². The van der Waals surface area contributed by atoms with Crippen molar-refractivity contribution in [2.75, 3.05) is 19.0 Å². The van der Waals surface area contributed by atoms with Crippen LogP contribution in [0.3, 0.4) is 0 Å². The van der Waals surface area contributed by atoms with Crippen LogP contribution in [0.2, 0.25) is 0 Å². The van der Waals surface area contributed by atoms with Gasteiger partial charge in [0, 0.05) is 10.9 Å². The Morgan fingerprint density at radius 1 is 1.38 bits per heavy atom. The molecule has 1 heterocycles. The topological polar surface area (TPSA) is 88.4 Å². The lowest BCUT2D eigenvalue weighted by molar-refractivity contribution is -0.119. The molecule has 1 aromatic heterocycles. The Bertz CT molecular complexity index is 917. The van der Waals surface area contributed by atoms with Gasteiger partial charge in [-0.15, -0.1) is 11.3 Å². The van der Waals surface area contributed by atoms with Crippen molar-refractivity contribution in [1.82, 2.24) is 0 Å². The molecule has 0 radical (unpaired) electrons. The quantitative estimate of drug-likeness (QED) is 0.813. The predicted molar refractivity (Wildman–Crippen MR) is 92.9 cm³/mol. The van der Waals surface area contributed by atoms with E-state index in [9.17, 15) is 19.2 Å². The van der Waals surface area contributed by atoms with Gasteiger partial charge in [0.05, 0.1) is 18.2 Å². The van der Waals surface area contributed by atoms with Crippen molar-refractivity contribution in [2.24, 2.45) is 0 Å². The highest BCUT2D eigenvalue weighted by atomic mass is 32.1. The van der Waals surface area contributed by atoms with Crippen LogP contribution in [0.5, 0.6) is 5.75 Å². The standard InChI is InChI=1S/C18H15FN2O4S/c1-24-10-5-6-12(14(19)7-10)18(23)25-9-16(22)21-17-13(8-20)11-3-2-4-15(11)26-17/h5-7H,2-4,9H2,1H3,(H,21,22). The van der Waals surface area contributed by atoms with Crippen LogP contribution in [0.4, 0.5) is 9.39 Å². The fourth-order valence-electron chi connectivity index (χ4n) is 2.77. The van der Waals surface area contributed by atoms with Gasteiger partial charge in [-0.3, -0.25) is 4.79 Å². The second-order valence-corrected chi connectivity index (χ2v) is 6.75. The first-order valence-corrected chi connectivity index (χ1v) is 8.70. The number of rotatable bonds is 5. The number of ether oxygens (including phenoxy) is 2. The van der Waals surface area contributed by atoms with E-state index in [4.69, 9.17) is 9.47 Å². The summed E-state index contributed by atoms with van der Waals surface area (Å²) in [5.41, 5.74) is 1.18. The van der Waals surface area contributed by atoms with Crippen LogP contribution in [-0.2, 0) is 22.4 Å². The van der Waals surface area contributed by atoms with E-state index in [1.807, 2.05) is 0 Å². The highest BCUT2D eigenvalue weighted by molar-refractivity contribution is 7.16. The second-order valence-electron chi connectivity index (χ2n) is 5.64. The number of carbonyl (C=O) groups is 2. The zero-order valence-electron chi connectivity index (χ0n) is 13.9. The van der Waals surface area contributed by atoms with Gasteiger partial charge in [0.25, 0.3) is 5.91 Å². The van der Waals surface area contributed by atoms with Gasteiger partial charge in [-0.1, -0.05) is 0 Å². The van der Waals surface area contributed by atoms with Crippen molar-refractivity contribution < 1.29 is 23.5 Å². The number of nitrogens with zero attached hydrogens (tertiary/aromatic N) is 1. The lowest BCUT2D eigenvalue weighted by Gasteiger charge is -2.07. The first-order chi connectivity index (χ1) is 12.5. The van der Waals surface area contributed by atoms with Crippen LogP contribution >= 0.6 is 11.3 Å². The number of aryl methyl sites for hydroxylation is 1. The molecule has 2 aromatic rings. The molecule has 1 aliphatic carbocycles. The van der Waals surface area contributed by atoms with Gasteiger partial charge < -0.3 is 14.8 Å². The number of thiophene rings is 1. The molecule has 134 valence electrons. The van der Waals surface area contributed by atoms with E-state index < -0.39 is 24.3 Å². The Labute approximate surface area is 153 Å². The summed E-state index contributed by atoms with van der Waals surface area (Å²) >= 11 is 1.37. The average Bonchev–Trinajstić information content (AvgIpc) is 3.20. The molecule has 0 bridgehead atoms. The first-order valence-electron chi connectivity index (χ1n) is 7.88. The van der Waals surface area contributed by atoms with Crippen LogP contribution in [0.1, 0.15) is 32.8 Å². The highest BCUT2D eigenvalue weighted by Gasteiger charge is 2.23. The molecule has 6 nitrogen and oxygen atoms in total. The number of carbonyl (C=O) groups excluding carboxylic acids is 2. The van der Waals surface area contributed by atoms with Gasteiger partial charge in [-0.25, -0.2) is 9.18 Å². The number of hydrogen-bond acceptors (Lipinski definition) is 6. The number of methoxy groups -OCH3 is 1. The molecule has 0 aliphatic heterocycles. The number of benzene rings is 1. The summed E-state index contributed by atoms with van der Waals surface area (Å²) in [6, 6.07) is 5.83. The van der Waals surface area contributed by atoms with Crippen molar-refractivity contribution in [3.63, 3.8) is 0 Å². The zero-order chi connectivity index (χ0) is 18.7. The monoisotopic (exact) mass is 374 g/mol. The van der Waals surface area contributed by atoms with E-state index in [-0.39, 0.29) is 11.3 Å². The Hall–Kier alpha value is -2.92. The molecular formula is C18H15FN2O4S. The lowest BCUT2D eigenvalue weighted by atomic mass is 10.1. The molecule has 1 N–H and O–H groups in total. The summed E-state index contributed by atoms with van der Waals surface area (Å²) < 4.78 is 23.6. The third kappa shape index (κ3) is 3.53. The van der Waals surface area contributed by atoms with E-state index in [1.54, 1.807) is 0 Å². The van der Waals surface area contributed by atoms with Crippen molar-refractivity contribution in [2.45, 2.75) is 19.3 Å². The maximum absolute atomic E-state index is 13.8. The van der Waals surface area contributed by atoms with Gasteiger partial charge in [0.2, 0.25) is 0 Å². The molecule has 26 heavy (non-hydrogen) atoms. The zero-order valence-corrected chi connectivity index (χ0v) is 14.7. The van der Waals surface area contributed by atoms with Crippen LogP contribution in [0, 0.1) is 17.1 Å². The van der Waals surface area contributed by atoms with Gasteiger partial charge >= 0.3 is 5.97 Å². The smallest absolute Gasteiger partial charge is 0.341 e. The molecule has 1 aliphatic rings. The fraction of sp³-hybridized carbons (Fsp3) is 0.278. The molecule has 8 heteroatoms. The number of amides is 1. The van der Waals surface area contributed by atoms with Gasteiger partial charge in [-0.2, -0.15) is 5.26 Å². The minimum absolute atomic E-state index is 0.270. The molecule has 1 amide bonds. The summed E-state index contributed by atoms with van der Waals surface area (Å²) in [5.74, 6) is -2.05. The largest absolute Gasteiger partial charge is 0.497 e. The Kier molecular flexibility index (Phi) is 5.19. The molecular weight excluding hydrogens is 359 g/mol. The summed E-state index contributed by atoms with van der Waals surface area (Å²) in [7, 11) is 1.38. The maximum atomic E-state index is 13.8. The molecule has 0 saturated carbocycles. The third-order valence-corrected chi connectivity index (χ3v) is 5.22. The van der Waals surface area contributed by atoms with E-state index in [2.05, 4.69) is 11.4 Å². The molecule has 0 saturated heterocycles. The lowest BCUT2D eigenvalue weighted by Crippen LogP contribution is -2.21. The average molecular weight is 374 g/mol. The number of halogens is 1. The summed E-state index contributed by atoms with van der Waals surface area (Å²) in [4.78, 5) is 25.1. The summed E-state index contributed by atoms with van der Waals surface area (Å²) in [6.07, 6.45) is 2.74. The normalized spacial score (nSPS) is 12.2. The SMILES string of the molecule is COc1ccc(C(=O)OCC(=O)Nc2sc3c(c2C#N)CCC3)c(F)c1. The van der Waals surface area contributed by atoms with Gasteiger partial charge in [-0.05, 0) is 37.0 Å². The van der Waals surface area contributed by atoms with Gasteiger partial charge in [0.15, 0.2) is 6.61 Å². The second kappa shape index (κ2) is 7.54. The number of fused-ring (bicyclic) bond motifs is 1. The molecule has 0 unspecified atom stereocenters. The summed E-state index contributed by atoms with van der Waals surface area (Å²) in [6.45, 7) is -0.572. The van der Waals surface area contributed by atoms with E-state index >= 15 is 0 Å². The molecule has 0 fully saturated rings. The van der Waals surface area contributed by atoms with Crippen LogP contribution in [0.15, 0.2) is 18.2 Å². The molecule has 1 aromatic carbocycles. The Balaban J connectivity index is 1.61. The molecule has 0 spiro atoms. The Morgan fingerprint density at radius 2 is 2.19 bits per heavy atom. The Morgan fingerprint density at radius 3 is 2.88 bits per heavy atom. The predicted octanol–water partition coefficient (Wildman–Crippen LogP) is 3.05. The maximum Gasteiger partial charge on any atom is 0.341 e. The fourth-order valence-corrected chi connectivity index (χ4v) is 4.03. The summed E-state index contributed by atoms with van der Waals surface area (Å²) in [5, 5.41) is 12.4. The van der Waals surface area contributed by atoms with Crippen molar-refractivity contribution in [1.29, 1.82) is 5.26 Å².